The molecule has 9 nitrogen and oxygen atoms in total. The molecule has 3 heterocycles. The van der Waals surface area contributed by atoms with Crippen LogP contribution in [0.3, 0.4) is 0 Å². The van der Waals surface area contributed by atoms with Gasteiger partial charge in [-0.05, 0) is 68.6 Å². The number of halogens is 3. The number of carbonyl (C=O) groups excluding carboxylic acids is 2. The van der Waals surface area contributed by atoms with Crippen LogP contribution in [0.5, 0.6) is 0 Å². The first-order valence-corrected chi connectivity index (χ1v) is 15.3. The summed E-state index contributed by atoms with van der Waals surface area (Å²) in [5.41, 5.74) is -0.142. The van der Waals surface area contributed by atoms with Gasteiger partial charge in [-0.15, -0.1) is 0 Å². The van der Waals surface area contributed by atoms with Crippen molar-refractivity contribution in [1.82, 2.24) is 18.8 Å². The Hall–Kier alpha value is -2.69. The predicted molar refractivity (Wildman–Crippen MR) is 138 cm³/mol. The maximum atomic E-state index is 13.6. The average molecular weight is 582 g/mol. The second kappa shape index (κ2) is 11.3. The first-order chi connectivity index (χ1) is 19.0. The number of nitrogens with zero attached hydrogens (tertiary/aromatic N) is 4. The summed E-state index contributed by atoms with van der Waals surface area (Å²) < 4.78 is 68.1. The third-order valence-corrected chi connectivity index (χ3v) is 10.5. The van der Waals surface area contributed by atoms with Crippen molar-refractivity contribution in [2.45, 2.75) is 63.2 Å². The molecule has 1 aromatic rings. The van der Waals surface area contributed by atoms with E-state index >= 15 is 0 Å². The minimum Gasteiger partial charge on any atom is -0.347 e. The molecular formula is C27H34F3N5O4S. The first-order valence-electron chi connectivity index (χ1n) is 13.9. The Labute approximate surface area is 232 Å². The molecule has 1 aromatic carbocycles. The van der Waals surface area contributed by atoms with E-state index in [4.69, 9.17) is 5.26 Å². The molecule has 1 saturated carbocycles. The van der Waals surface area contributed by atoms with Crippen molar-refractivity contribution in [3.05, 3.63) is 35.4 Å². The van der Waals surface area contributed by atoms with Crippen molar-refractivity contribution < 1.29 is 31.2 Å². The Kier molecular flexibility index (Phi) is 8.14. The monoisotopic (exact) mass is 581 g/mol. The van der Waals surface area contributed by atoms with Crippen molar-refractivity contribution >= 4 is 22.0 Å². The van der Waals surface area contributed by atoms with Crippen molar-refractivity contribution in [3.63, 3.8) is 0 Å². The molecule has 4 aliphatic rings. The van der Waals surface area contributed by atoms with Gasteiger partial charge in [0.15, 0.2) is 0 Å². The van der Waals surface area contributed by atoms with Crippen LogP contribution in [0.15, 0.2) is 24.3 Å². The molecule has 4 atom stereocenters. The van der Waals surface area contributed by atoms with Crippen LogP contribution in [0.25, 0.3) is 0 Å². The van der Waals surface area contributed by atoms with Gasteiger partial charge in [-0.3, -0.25) is 9.59 Å². The highest BCUT2D eigenvalue weighted by atomic mass is 32.2. The van der Waals surface area contributed by atoms with Crippen LogP contribution in [0.1, 0.15) is 62.1 Å². The second-order valence-electron chi connectivity index (χ2n) is 11.3. The summed E-state index contributed by atoms with van der Waals surface area (Å²) in [6, 6.07) is 5.84. The Morgan fingerprint density at radius 2 is 1.62 bits per heavy atom. The zero-order chi connectivity index (χ0) is 28.7. The lowest BCUT2D eigenvalue weighted by Crippen LogP contribution is -2.53. The molecule has 218 valence electrons. The van der Waals surface area contributed by atoms with Gasteiger partial charge in [0, 0.05) is 32.7 Å². The first kappa shape index (κ1) is 28.8. The van der Waals surface area contributed by atoms with E-state index in [1.54, 1.807) is 4.90 Å². The van der Waals surface area contributed by atoms with E-state index in [1.165, 1.54) is 20.7 Å². The molecule has 5 rings (SSSR count). The van der Waals surface area contributed by atoms with Gasteiger partial charge in [0.2, 0.25) is 11.8 Å². The minimum atomic E-state index is -4.44. The fourth-order valence-electron chi connectivity index (χ4n) is 6.13. The van der Waals surface area contributed by atoms with Gasteiger partial charge in [-0.2, -0.15) is 35.5 Å². The van der Waals surface area contributed by atoms with Crippen molar-refractivity contribution in [3.8, 4) is 6.07 Å². The number of carbonyl (C=O) groups is 2. The Morgan fingerprint density at radius 3 is 2.25 bits per heavy atom. The third-order valence-electron chi connectivity index (χ3n) is 8.55. The Morgan fingerprint density at radius 1 is 0.950 bits per heavy atom. The number of likely N-dealkylation sites (tertiary alicyclic amines) is 1. The van der Waals surface area contributed by atoms with Crippen LogP contribution < -0.4 is 5.32 Å². The Balaban J connectivity index is 1.24. The fourth-order valence-corrected chi connectivity index (χ4v) is 7.89. The zero-order valence-electron chi connectivity index (χ0n) is 22.1. The third kappa shape index (κ3) is 5.99. The fraction of sp³-hybridized carbons (Fsp3) is 0.667. The van der Waals surface area contributed by atoms with Crippen molar-refractivity contribution in [2.75, 3.05) is 32.7 Å². The largest absolute Gasteiger partial charge is 0.416 e. The maximum Gasteiger partial charge on any atom is 0.416 e. The number of piperidine rings is 1. The normalized spacial score (nSPS) is 27.4. The summed E-state index contributed by atoms with van der Waals surface area (Å²) in [5.74, 6) is -1.34. The summed E-state index contributed by atoms with van der Waals surface area (Å²) in [5, 5.41) is 12.2. The number of benzene rings is 1. The molecule has 0 aromatic heterocycles. The van der Waals surface area contributed by atoms with Crippen LogP contribution >= 0.6 is 0 Å². The molecule has 3 aliphatic heterocycles. The topological polar surface area (TPSA) is 114 Å². The summed E-state index contributed by atoms with van der Waals surface area (Å²) >= 11 is 0. The van der Waals surface area contributed by atoms with Crippen LogP contribution in [-0.4, -0.2) is 72.5 Å². The average Bonchev–Trinajstić information content (AvgIpc) is 3.44. The van der Waals surface area contributed by atoms with Gasteiger partial charge in [-0.25, -0.2) is 0 Å². The van der Waals surface area contributed by atoms with Crippen molar-refractivity contribution in [1.29, 1.82) is 5.26 Å². The minimum absolute atomic E-state index is 0.0377. The number of amides is 2. The van der Waals surface area contributed by atoms with E-state index in [0.717, 1.165) is 25.0 Å². The van der Waals surface area contributed by atoms with Crippen LogP contribution in [0.4, 0.5) is 13.2 Å². The van der Waals surface area contributed by atoms with Gasteiger partial charge in [-0.1, -0.05) is 12.1 Å². The SMILES string of the molecule is N#CC1CCN(S(=O)(=O)N2CCC[C@H](C(=O)N3CCC[C@@H]3C(=O)NC(c3ccc(C(F)(F)F)cc3)C3CC3)C2)C1. The maximum absolute atomic E-state index is 13.6. The van der Waals surface area contributed by atoms with Crippen molar-refractivity contribution in [2.24, 2.45) is 17.8 Å². The zero-order valence-corrected chi connectivity index (χ0v) is 23.0. The number of hydrogen-bond donors (Lipinski definition) is 1. The summed E-state index contributed by atoms with van der Waals surface area (Å²) in [4.78, 5) is 28.6. The number of hydrogen-bond acceptors (Lipinski definition) is 5. The summed E-state index contributed by atoms with van der Waals surface area (Å²) in [7, 11) is -3.79. The lowest BCUT2D eigenvalue weighted by molar-refractivity contribution is -0.142. The van der Waals surface area contributed by atoms with Gasteiger partial charge >= 0.3 is 6.18 Å². The van der Waals surface area contributed by atoms with E-state index in [2.05, 4.69) is 11.4 Å². The molecule has 2 unspecified atom stereocenters. The van der Waals surface area contributed by atoms with Gasteiger partial charge in [0.1, 0.15) is 6.04 Å². The highest BCUT2D eigenvalue weighted by molar-refractivity contribution is 7.86. The van der Waals surface area contributed by atoms with Crippen LogP contribution in [0.2, 0.25) is 0 Å². The lowest BCUT2D eigenvalue weighted by atomic mass is 9.97. The van der Waals surface area contributed by atoms with E-state index in [1.807, 2.05) is 0 Å². The summed E-state index contributed by atoms with van der Waals surface area (Å²) in [6.45, 7) is 1.18. The Bertz CT molecular complexity index is 1260. The van der Waals surface area contributed by atoms with Crippen LogP contribution in [-0.2, 0) is 26.0 Å². The lowest BCUT2D eigenvalue weighted by Gasteiger charge is -2.36. The molecule has 13 heteroatoms. The molecule has 1 N–H and O–H groups in total. The van der Waals surface area contributed by atoms with E-state index in [0.29, 0.717) is 50.8 Å². The molecule has 3 saturated heterocycles. The smallest absolute Gasteiger partial charge is 0.347 e. The molecule has 2 amide bonds. The van der Waals surface area contributed by atoms with E-state index in [9.17, 15) is 31.2 Å². The van der Waals surface area contributed by atoms with Gasteiger partial charge < -0.3 is 10.2 Å². The quantitative estimate of drug-likeness (QED) is 0.532. The molecule has 1 aliphatic carbocycles. The number of alkyl halides is 3. The number of rotatable bonds is 7. The van der Waals surface area contributed by atoms with Gasteiger partial charge in [0.05, 0.1) is 29.5 Å². The summed E-state index contributed by atoms with van der Waals surface area (Å²) in [6.07, 6.45) is -0.0832. The molecule has 0 spiro atoms. The molecule has 40 heavy (non-hydrogen) atoms. The molecule has 0 bridgehead atoms. The number of nitrogens with one attached hydrogen (secondary N) is 1. The number of nitriles is 1. The van der Waals surface area contributed by atoms with E-state index in [-0.39, 0.29) is 43.3 Å². The second-order valence-corrected chi connectivity index (χ2v) is 13.2. The standard InChI is InChI=1S/C27H34F3N5O4S/c28-27(29,30)22-9-7-20(8-10-22)24(19-5-6-19)32-25(36)23-4-2-13-35(23)26(37)21-3-1-12-33(17-21)40(38,39)34-14-11-18(15-31)16-34/h7-10,18-19,21,23-24H,1-6,11-14,16-17H2,(H,32,36)/t18?,21-,23+,24?/m0/s1. The predicted octanol–water partition coefficient (Wildman–Crippen LogP) is 3.07. The molecule has 4 fully saturated rings. The highest BCUT2D eigenvalue weighted by Gasteiger charge is 2.44. The van der Waals surface area contributed by atoms with Gasteiger partial charge in [0.25, 0.3) is 10.2 Å². The van der Waals surface area contributed by atoms with Crippen LogP contribution in [0, 0.1) is 29.1 Å². The molecule has 0 radical (unpaired) electrons. The highest BCUT2D eigenvalue weighted by Crippen LogP contribution is 2.42. The molecular weight excluding hydrogens is 547 g/mol. The van der Waals surface area contributed by atoms with E-state index < -0.39 is 40.0 Å².